The van der Waals surface area contributed by atoms with Gasteiger partial charge in [0.1, 0.15) is 0 Å². The van der Waals surface area contributed by atoms with Crippen LogP contribution in [0.3, 0.4) is 0 Å². The maximum atomic E-state index is 12.4. The first-order chi connectivity index (χ1) is 13.3. The molecule has 0 aliphatic heterocycles. The van der Waals surface area contributed by atoms with E-state index in [4.69, 9.17) is 0 Å². The van der Waals surface area contributed by atoms with Crippen LogP contribution in [0.25, 0.3) is 0 Å². The predicted molar refractivity (Wildman–Crippen MR) is 114 cm³/mol. The van der Waals surface area contributed by atoms with E-state index in [0.717, 1.165) is 22.5 Å². The minimum absolute atomic E-state index is 0.0679. The summed E-state index contributed by atoms with van der Waals surface area (Å²) in [5.74, 6) is 0.542. The van der Waals surface area contributed by atoms with Crippen LogP contribution in [0.15, 0.2) is 60.8 Å². The summed E-state index contributed by atoms with van der Waals surface area (Å²) in [4.78, 5) is 1.94. The first kappa shape index (κ1) is 19.6. The van der Waals surface area contributed by atoms with Crippen LogP contribution in [0.5, 0.6) is 0 Å². The average molecular weight is 398 g/mol. The van der Waals surface area contributed by atoms with Crippen molar-refractivity contribution < 1.29 is 8.42 Å². The van der Waals surface area contributed by atoms with Gasteiger partial charge in [0.2, 0.25) is 10.0 Å². The van der Waals surface area contributed by atoms with E-state index in [1.807, 2.05) is 56.3 Å². The van der Waals surface area contributed by atoms with Gasteiger partial charge in [-0.25, -0.2) is 8.42 Å². The lowest BCUT2D eigenvalue weighted by atomic mass is 10.2. The van der Waals surface area contributed by atoms with E-state index < -0.39 is 10.0 Å². The van der Waals surface area contributed by atoms with Gasteiger partial charge in [-0.1, -0.05) is 29.8 Å². The number of rotatable bonds is 7. The second kappa shape index (κ2) is 8.26. The third-order valence-electron chi connectivity index (χ3n) is 4.03. The quantitative estimate of drug-likeness (QED) is 0.634. The summed E-state index contributed by atoms with van der Waals surface area (Å²) in [7, 11) is 0.368. The molecule has 0 saturated carbocycles. The van der Waals surface area contributed by atoms with E-state index in [9.17, 15) is 8.42 Å². The van der Waals surface area contributed by atoms with Crippen LogP contribution in [-0.4, -0.2) is 32.7 Å². The molecule has 28 heavy (non-hydrogen) atoms. The van der Waals surface area contributed by atoms with E-state index in [2.05, 4.69) is 20.2 Å². The van der Waals surface area contributed by atoms with Crippen molar-refractivity contribution in [1.82, 2.24) is 10.2 Å². The summed E-state index contributed by atoms with van der Waals surface area (Å²) in [6.45, 7) is 1.94. The fourth-order valence-electron chi connectivity index (χ4n) is 2.67. The van der Waals surface area contributed by atoms with Crippen molar-refractivity contribution in [1.29, 1.82) is 0 Å². The van der Waals surface area contributed by atoms with Crippen LogP contribution >= 0.6 is 0 Å². The molecule has 0 radical (unpaired) electrons. The molecule has 3 rings (SSSR count). The molecule has 1 heterocycles. The predicted octanol–water partition coefficient (Wildman–Crippen LogP) is 3.54. The van der Waals surface area contributed by atoms with Crippen molar-refractivity contribution in [3.05, 3.63) is 71.9 Å². The first-order valence-corrected chi connectivity index (χ1v) is 10.4. The average Bonchev–Trinajstić information content (AvgIpc) is 2.63. The molecule has 0 atom stereocenters. The molecule has 146 valence electrons. The summed E-state index contributed by atoms with van der Waals surface area (Å²) in [5.41, 5.74) is 4.01. The van der Waals surface area contributed by atoms with E-state index >= 15 is 0 Å². The summed E-state index contributed by atoms with van der Waals surface area (Å²) in [5, 5.41) is 11.2. The Kier molecular flexibility index (Phi) is 5.79. The minimum Gasteiger partial charge on any atom is -0.376 e. The van der Waals surface area contributed by atoms with E-state index in [0.29, 0.717) is 11.5 Å². The van der Waals surface area contributed by atoms with E-state index in [1.54, 1.807) is 30.5 Å². The Balaban J connectivity index is 1.66. The highest BCUT2D eigenvalue weighted by Gasteiger charge is 2.12. The lowest BCUT2D eigenvalue weighted by molar-refractivity contribution is 0.600. The Morgan fingerprint density at radius 1 is 1.00 bits per heavy atom. The number of aromatic nitrogens is 2. The Labute approximate surface area is 165 Å². The molecule has 2 aromatic carbocycles. The Hall–Kier alpha value is -3.13. The Morgan fingerprint density at radius 3 is 2.39 bits per heavy atom. The van der Waals surface area contributed by atoms with Gasteiger partial charge in [-0.2, -0.15) is 5.10 Å². The molecule has 0 unspecified atom stereocenters. The number of anilines is 4. The van der Waals surface area contributed by atoms with Gasteiger partial charge in [-0.3, -0.25) is 4.72 Å². The molecule has 0 amide bonds. The molecule has 0 spiro atoms. The third-order valence-corrected chi connectivity index (χ3v) is 5.29. The zero-order valence-corrected chi connectivity index (χ0v) is 16.9. The topological polar surface area (TPSA) is 87.2 Å². The zero-order valence-electron chi connectivity index (χ0n) is 16.0. The summed E-state index contributed by atoms with van der Waals surface area (Å²) >= 11 is 0. The molecule has 8 heteroatoms. The van der Waals surface area contributed by atoms with Crippen molar-refractivity contribution >= 4 is 32.9 Å². The van der Waals surface area contributed by atoms with E-state index in [-0.39, 0.29) is 5.75 Å². The van der Waals surface area contributed by atoms with Crippen molar-refractivity contribution in [3.8, 4) is 0 Å². The fraction of sp³-hybridized carbons (Fsp3) is 0.200. The lowest BCUT2D eigenvalue weighted by Gasteiger charge is -2.13. The normalized spacial score (nSPS) is 11.1. The second-order valence-electron chi connectivity index (χ2n) is 6.75. The molecule has 3 aromatic rings. The minimum atomic E-state index is -3.49. The summed E-state index contributed by atoms with van der Waals surface area (Å²) < 4.78 is 27.4. The second-order valence-corrected chi connectivity index (χ2v) is 8.47. The van der Waals surface area contributed by atoms with Gasteiger partial charge in [-0.05, 0) is 36.8 Å². The Bertz CT molecular complexity index is 1050. The van der Waals surface area contributed by atoms with Crippen LogP contribution in [0.4, 0.5) is 22.9 Å². The molecule has 1 aromatic heterocycles. The monoisotopic (exact) mass is 397 g/mol. The highest BCUT2D eigenvalue weighted by molar-refractivity contribution is 7.91. The number of nitrogens with one attached hydrogen (secondary N) is 2. The lowest BCUT2D eigenvalue weighted by Crippen LogP contribution is -2.15. The van der Waals surface area contributed by atoms with Crippen molar-refractivity contribution in [2.75, 3.05) is 29.0 Å². The van der Waals surface area contributed by atoms with Gasteiger partial charge in [0.15, 0.2) is 5.82 Å². The summed E-state index contributed by atoms with van der Waals surface area (Å²) in [6.07, 6.45) is 1.68. The molecule has 7 nitrogen and oxygen atoms in total. The van der Waals surface area contributed by atoms with Crippen molar-refractivity contribution in [2.45, 2.75) is 12.7 Å². The number of hydrogen-bond acceptors (Lipinski definition) is 6. The number of benzene rings is 2. The SMILES string of the molecule is Cc1cccc(CS(=O)(=O)Nc2ccc(Nc3cc(N(C)C)cnn3)cc2)c1. The standard InChI is InChI=1S/C20H23N5O2S/c1-15-5-4-6-16(11-15)14-28(26,27)24-18-9-7-17(8-10-18)22-20-12-19(25(2)3)13-21-23-20/h4-13,24H,14H2,1-3H3,(H,22,23). The van der Waals surface area contributed by atoms with Crippen LogP contribution in [-0.2, 0) is 15.8 Å². The van der Waals surface area contributed by atoms with E-state index in [1.165, 1.54) is 0 Å². The van der Waals surface area contributed by atoms with Gasteiger partial charge in [0, 0.05) is 31.5 Å². The molecular weight excluding hydrogens is 374 g/mol. The fourth-order valence-corrected chi connectivity index (χ4v) is 3.85. The van der Waals surface area contributed by atoms with Gasteiger partial charge >= 0.3 is 0 Å². The zero-order chi connectivity index (χ0) is 20.1. The van der Waals surface area contributed by atoms with Gasteiger partial charge in [-0.15, -0.1) is 5.10 Å². The van der Waals surface area contributed by atoms with Gasteiger partial charge in [0.25, 0.3) is 0 Å². The van der Waals surface area contributed by atoms with Crippen molar-refractivity contribution in [2.24, 2.45) is 0 Å². The molecule has 0 fully saturated rings. The molecule has 0 aliphatic rings. The number of sulfonamides is 1. The number of nitrogens with zero attached hydrogens (tertiary/aromatic N) is 3. The van der Waals surface area contributed by atoms with Gasteiger partial charge < -0.3 is 10.2 Å². The maximum Gasteiger partial charge on any atom is 0.236 e. The number of hydrogen-bond donors (Lipinski definition) is 2. The molecule has 0 aliphatic carbocycles. The van der Waals surface area contributed by atoms with Crippen LogP contribution in [0.1, 0.15) is 11.1 Å². The largest absolute Gasteiger partial charge is 0.376 e. The van der Waals surface area contributed by atoms with Crippen LogP contribution in [0.2, 0.25) is 0 Å². The molecular formula is C20H23N5O2S. The molecule has 0 bridgehead atoms. The number of aryl methyl sites for hydroxylation is 1. The molecule has 0 saturated heterocycles. The Morgan fingerprint density at radius 2 is 1.71 bits per heavy atom. The maximum absolute atomic E-state index is 12.4. The van der Waals surface area contributed by atoms with Crippen molar-refractivity contribution in [3.63, 3.8) is 0 Å². The molecule has 2 N–H and O–H groups in total. The van der Waals surface area contributed by atoms with Gasteiger partial charge in [0.05, 0.1) is 17.6 Å². The summed E-state index contributed by atoms with van der Waals surface area (Å²) in [6, 6.07) is 16.3. The van der Waals surface area contributed by atoms with Crippen LogP contribution < -0.4 is 14.9 Å². The smallest absolute Gasteiger partial charge is 0.236 e. The third kappa shape index (κ3) is 5.43. The highest BCUT2D eigenvalue weighted by atomic mass is 32.2. The first-order valence-electron chi connectivity index (χ1n) is 8.74. The van der Waals surface area contributed by atoms with Crippen LogP contribution in [0, 0.1) is 6.92 Å². The highest BCUT2D eigenvalue weighted by Crippen LogP contribution is 2.21.